The van der Waals surface area contributed by atoms with Crippen molar-refractivity contribution in [1.82, 2.24) is 10.2 Å². The molecule has 1 fully saturated rings. The standard InChI is InChI=1S/C24H29ClFN3O3/c25-20-7-5-19(6-8-20)24(32-23(31)28-14-13-27)11-16-29(17-12-24)15-1-2-22(30)18-3-9-21(26)10-4-18/h3-10H,1-2,11-17,27H2,(H,28,31). The van der Waals surface area contributed by atoms with Gasteiger partial charge in [-0.25, -0.2) is 9.18 Å². The molecule has 0 spiro atoms. The molecule has 172 valence electrons. The first-order valence-electron chi connectivity index (χ1n) is 10.9. The number of carbonyl (C=O) groups is 2. The van der Waals surface area contributed by atoms with Gasteiger partial charge in [0.05, 0.1) is 0 Å². The van der Waals surface area contributed by atoms with Gasteiger partial charge in [0, 0.05) is 56.0 Å². The number of likely N-dealkylation sites (tertiary alicyclic amines) is 1. The Morgan fingerprint density at radius 2 is 1.75 bits per heavy atom. The summed E-state index contributed by atoms with van der Waals surface area (Å²) in [6.07, 6.45) is 1.90. The highest BCUT2D eigenvalue weighted by Gasteiger charge is 2.39. The number of ether oxygens (including phenoxy) is 1. The second-order valence-corrected chi connectivity index (χ2v) is 8.42. The molecule has 0 bridgehead atoms. The first kappa shape index (κ1) is 24.2. The third-order valence-corrected chi connectivity index (χ3v) is 6.03. The van der Waals surface area contributed by atoms with Gasteiger partial charge in [-0.3, -0.25) is 4.79 Å². The van der Waals surface area contributed by atoms with Gasteiger partial charge >= 0.3 is 6.09 Å². The van der Waals surface area contributed by atoms with Crippen LogP contribution >= 0.6 is 11.6 Å². The van der Waals surface area contributed by atoms with Crippen molar-refractivity contribution in [2.75, 3.05) is 32.7 Å². The van der Waals surface area contributed by atoms with E-state index in [1.807, 2.05) is 12.1 Å². The number of carbonyl (C=O) groups excluding carboxylic acids is 2. The molecule has 8 heteroatoms. The molecule has 1 heterocycles. The number of nitrogens with two attached hydrogens (primary N) is 1. The maximum Gasteiger partial charge on any atom is 0.408 e. The van der Waals surface area contributed by atoms with Crippen molar-refractivity contribution in [2.45, 2.75) is 31.3 Å². The van der Waals surface area contributed by atoms with Gasteiger partial charge in [-0.1, -0.05) is 23.7 Å². The Kier molecular flexibility index (Phi) is 8.61. The molecule has 0 aliphatic carbocycles. The minimum absolute atomic E-state index is 0.0115. The lowest BCUT2D eigenvalue weighted by Gasteiger charge is -2.41. The van der Waals surface area contributed by atoms with Gasteiger partial charge in [0.25, 0.3) is 0 Å². The molecule has 2 aromatic rings. The van der Waals surface area contributed by atoms with Gasteiger partial charge in [-0.05, 0) is 54.9 Å². The molecular formula is C24H29ClFN3O3. The second kappa shape index (κ2) is 11.4. The largest absolute Gasteiger partial charge is 0.438 e. The Hall–Kier alpha value is -2.48. The van der Waals surface area contributed by atoms with E-state index in [2.05, 4.69) is 10.2 Å². The normalized spacial score (nSPS) is 15.8. The average molecular weight is 462 g/mol. The molecule has 1 saturated heterocycles. The zero-order valence-electron chi connectivity index (χ0n) is 18.0. The number of piperidine rings is 1. The van der Waals surface area contributed by atoms with E-state index in [0.717, 1.165) is 25.2 Å². The number of ketones is 1. The minimum Gasteiger partial charge on any atom is -0.438 e. The van der Waals surface area contributed by atoms with E-state index in [0.29, 0.717) is 49.4 Å². The first-order chi connectivity index (χ1) is 15.4. The third kappa shape index (κ3) is 6.51. The molecule has 0 aromatic heterocycles. The number of nitrogens with one attached hydrogen (secondary N) is 1. The van der Waals surface area contributed by atoms with Crippen LogP contribution in [0.1, 0.15) is 41.6 Å². The molecule has 0 atom stereocenters. The zero-order valence-corrected chi connectivity index (χ0v) is 18.7. The van der Waals surface area contributed by atoms with Gasteiger partial charge in [0.2, 0.25) is 0 Å². The van der Waals surface area contributed by atoms with Crippen LogP contribution in [0, 0.1) is 5.82 Å². The minimum atomic E-state index is -0.732. The average Bonchev–Trinajstić information content (AvgIpc) is 2.79. The number of nitrogens with zero attached hydrogens (tertiary/aromatic N) is 1. The van der Waals surface area contributed by atoms with Crippen LogP contribution < -0.4 is 11.1 Å². The summed E-state index contributed by atoms with van der Waals surface area (Å²) >= 11 is 6.04. The monoisotopic (exact) mass is 461 g/mol. The van der Waals surface area contributed by atoms with Gasteiger partial charge in [0.1, 0.15) is 11.4 Å². The molecule has 0 unspecified atom stereocenters. The molecule has 6 nitrogen and oxygen atoms in total. The van der Waals surface area contributed by atoms with E-state index in [9.17, 15) is 14.0 Å². The fourth-order valence-electron chi connectivity index (χ4n) is 3.97. The molecule has 1 aliphatic heterocycles. The molecule has 3 rings (SSSR count). The summed E-state index contributed by atoms with van der Waals surface area (Å²) < 4.78 is 18.9. The molecule has 0 saturated carbocycles. The van der Waals surface area contributed by atoms with Crippen LogP contribution in [-0.2, 0) is 10.3 Å². The van der Waals surface area contributed by atoms with Crippen LogP contribution in [0.15, 0.2) is 48.5 Å². The molecule has 1 aliphatic rings. The van der Waals surface area contributed by atoms with E-state index in [1.54, 1.807) is 12.1 Å². The maximum absolute atomic E-state index is 13.0. The highest BCUT2D eigenvalue weighted by Crippen LogP contribution is 2.37. The maximum atomic E-state index is 13.0. The van der Waals surface area contributed by atoms with Crippen LogP contribution in [0.3, 0.4) is 0 Å². The second-order valence-electron chi connectivity index (χ2n) is 7.98. The molecule has 32 heavy (non-hydrogen) atoms. The summed E-state index contributed by atoms with van der Waals surface area (Å²) in [5, 5.41) is 3.30. The van der Waals surface area contributed by atoms with E-state index in [-0.39, 0.29) is 11.6 Å². The lowest BCUT2D eigenvalue weighted by Crippen LogP contribution is -2.47. The zero-order chi connectivity index (χ0) is 23.0. The molecule has 3 N–H and O–H groups in total. The third-order valence-electron chi connectivity index (χ3n) is 5.78. The Morgan fingerprint density at radius 3 is 2.38 bits per heavy atom. The number of benzene rings is 2. The van der Waals surface area contributed by atoms with Gasteiger partial charge in [-0.2, -0.15) is 0 Å². The molecule has 2 aromatic carbocycles. The first-order valence-corrected chi connectivity index (χ1v) is 11.2. The quantitative estimate of drug-likeness (QED) is 0.549. The Balaban J connectivity index is 1.56. The van der Waals surface area contributed by atoms with Crippen molar-refractivity contribution >= 4 is 23.5 Å². The van der Waals surface area contributed by atoms with Crippen molar-refractivity contribution in [3.8, 4) is 0 Å². The highest BCUT2D eigenvalue weighted by atomic mass is 35.5. The number of hydrogen-bond donors (Lipinski definition) is 2. The Labute approximate surface area is 192 Å². The van der Waals surface area contributed by atoms with Crippen LogP contribution in [0.4, 0.5) is 9.18 Å². The number of alkyl carbamates (subject to hydrolysis) is 1. The van der Waals surface area contributed by atoms with Crippen LogP contribution in [0.25, 0.3) is 0 Å². The number of amides is 1. The SMILES string of the molecule is NCCNC(=O)OC1(c2ccc(Cl)cc2)CCN(CCCC(=O)c2ccc(F)cc2)CC1. The number of Topliss-reactive ketones (excluding diaryl/α,β-unsaturated/α-hetero) is 1. The lowest BCUT2D eigenvalue weighted by molar-refractivity contribution is -0.0403. The van der Waals surface area contributed by atoms with E-state index >= 15 is 0 Å². The van der Waals surface area contributed by atoms with Crippen molar-refractivity contribution in [2.24, 2.45) is 5.73 Å². The summed E-state index contributed by atoms with van der Waals surface area (Å²) in [6.45, 7) is 2.93. The van der Waals surface area contributed by atoms with Gasteiger partial charge < -0.3 is 20.7 Å². The van der Waals surface area contributed by atoms with Crippen molar-refractivity contribution in [1.29, 1.82) is 0 Å². The predicted octanol–water partition coefficient (Wildman–Crippen LogP) is 4.12. The Morgan fingerprint density at radius 1 is 1.09 bits per heavy atom. The molecular weight excluding hydrogens is 433 g/mol. The topological polar surface area (TPSA) is 84.7 Å². The highest BCUT2D eigenvalue weighted by molar-refractivity contribution is 6.30. The van der Waals surface area contributed by atoms with E-state index in [1.165, 1.54) is 24.3 Å². The lowest BCUT2D eigenvalue weighted by atomic mass is 9.84. The summed E-state index contributed by atoms with van der Waals surface area (Å²) in [4.78, 5) is 26.9. The van der Waals surface area contributed by atoms with Gasteiger partial charge in [0.15, 0.2) is 5.78 Å². The van der Waals surface area contributed by atoms with Crippen molar-refractivity contribution in [3.05, 3.63) is 70.5 Å². The molecule has 1 amide bonds. The Bertz CT molecular complexity index is 898. The summed E-state index contributed by atoms with van der Waals surface area (Å²) in [6, 6.07) is 13.0. The summed E-state index contributed by atoms with van der Waals surface area (Å²) in [7, 11) is 0. The summed E-state index contributed by atoms with van der Waals surface area (Å²) in [5.74, 6) is -0.338. The van der Waals surface area contributed by atoms with Crippen molar-refractivity contribution in [3.63, 3.8) is 0 Å². The molecule has 0 radical (unpaired) electrons. The van der Waals surface area contributed by atoms with Crippen LogP contribution in [-0.4, -0.2) is 49.5 Å². The summed E-state index contributed by atoms with van der Waals surface area (Å²) in [5.41, 5.74) is 6.18. The number of rotatable bonds is 9. The fraction of sp³-hybridized carbons (Fsp3) is 0.417. The number of hydrogen-bond acceptors (Lipinski definition) is 5. The van der Waals surface area contributed by atoms with Gasteiger partial charge in [-0.15, -0.1) is 0 Å². The predicted molar refractivity (Wildman–Crippen MR) is 122 cm³/mol. The van der Waals surface area contributed by atoms with Crippen LogP contribution in [0.2, 0.25) is 5.02 Å². The van der Waals surface area contributed by atoms with Crippen LogP contribution in [0.5, 0.6) is 0 Å². The smallest absolute Gasteiger partial charge is 0.408 e. The van der Waals surface area contributed by atoms with E-state index < -0.39 is 11.7 Å². The van der Waals surface area contributed by atoms with Crippen molar-refractivity contribution < 1.29 is 18.7 Å². The fourth-order valence-corrected chi connectivity index (χ4v) is 4.10. The number of halogens is 2. The van der Waals surface area contributed by atoms with E-state index in [4.69, 9.17) is 22.1 Å².